The molecule has 1 saturated heterocycles. The van der Waals surface area contributed by atoms with E-state index in [2.05, 4.69) is 4.90 Å². The summed E-state index contributed by atoms with van der Waals surface area (Å²) in [5, 5.41) is 0.668. The van der Waals surface area contributed by atoms with Crippen LogP contribution in [0.1, 0.15) is 5.56 Å². The molecule has 0 atom stereocenters. The molecule has 0 aliphatic carbocycles. The first-order valence-electron chi connectivity index (χ1n) is 5.26. The Morgan fingerprint density at radius 3 is 2.69 bits per heavy atom. The molecule has 0 aromatic heterocycles. The van der Waals surface area contributed by atoms with Crippen LogP contribution in [-0.2, 0) is 17.3 Å². The average Bonchev–Trinajstić information content (AvgIpc) is 2.25. The number of nitrogen functional groups attached to an aromatic ring is 1. The third-order valence-corrected chi connectivity index (χ3v) is 4.28. The molecule has 0 spiro atoms. The summed E-state index contributed by atoms with van der Waals surface area (Å²) in [6.45, 7) is 2.59. The summed E-state index contributed by atoms with van der Waals surface area (Å²) < 4.78 is 11.2. The van der Waals surface area contributed by atoms with E-state index in [9.17, 15) is 4.21 Å². The normalized spacial score (nSPS) is 18.8. The van der Waals surface area contributed by atoms with Gasteiger partial charge in [-0.3, -0.25) is 9.11 Å². The zero-order valence-electron chi connectivity index (χ0n) is 8.99. The van der Waals surface area contributed by atoms with Gasteiger partial charge in [-0.05, 0) is 17.7 Å². The number of hydrogen-bond donors (Lipinski definition) is 1. The Bertz CT molecular complexity index is 401. The lowest BCUT2D eigenvalue weighted by atomic mass is 10.1. The second-order valence-electron chi connectivity index (χ2n) is 3.97. The first kappa shape index (κ1) is 11.9. The maximum Gasteiger partial charge on any atom is 0.0426 e. The zero-order valence-corrected chi connectivity index (χ0v) is 10.6. The number of hydrogen-bond acceptors (Lipinski definition) is 3. The van der Waals surface area contributed by atoms with Crippen molar-refractivity contribution in [3.05, 3.63) is 28.8 Å². The Morgan fingerprint density at radius 1 is 1.38 bits per heavy atom. The van der Waals surface area contributed by atoms with Gasteiger partial charge in [0.25, 0.3) is 0 Å². The summed E-state index contributed by atoms with van der Waals surface area (Å²) in [6.07, 6.45) is 0. The van der Waals surface area contributed by atoms with E-state index in [1.807, 2.05) is 12.1 Å². The quantitative estimate of drug-likeness (QED) is 0.818. The predicted octanol–water partition coefficient (Wildman–Crippen LogP) is 1.49. The number of nitrogens with zero attached hydrogens (tertiary/aromatic N) is 1. The van der Waals surface area contributed by atoms with E-state index in [1.165, 1.54) is 0 Å². The molecule has 0 unspecified atom stereocenters. The van der Waals surface area contributed by atoms with Crippen LogP contribution < -0.4 is 5.73 Å². The highest BCUT2D eigenvalue weighted by molar-refractivity contribution is 7.85. The van der Waals surface area contributed by atoms with Crippen molar-refractivity contribution >= 4 is 28.1 Å². The molecule has 1 aromatic rings. The fourth-order valence-corrected chi connectivity index (χ4v) is 3.09. The third kappa shape index (κ3) is 2.97. The molecule has 2 N–H and O–H groups in total. The van der Waals surface area contributed by atoms with E-state index in [1.54, 1.807) is 6.07 Å². The van der Waals surface area contributed by atoms with Crippen LogP contribution in [-0.4, -0.2) is 33.7 Å². The van der Waals surface area contributed by atoms with E-state index in [4.69, 9.17) is 17.3 Å². The number of halogens is 1. The molecule has 1 aliphatic heterocycles. The summed E-state index contributed by atoms with van der Waals surface area (Å²) >= 11 is 5.85. The van der Waals surface area contributed by atoms with Crippen LogP contribution in [0, 0.1) is 0 Å². The van der Waals surface area contributed by atoms with E-state index in [0.29, 0.717) is 5.02 Å². The largest absolute Gasteiger partial charge is 0.398 e. The van der Waals surface area contributed by atoms with Gasteiger partial charge in [0.15, 0.2) is 0 Å². The van der Waals surface area contributed by atoms with Crippen LogP contribution in [0.5, 0.6) is 0 Å². The van der Waals surface area contributed by atoms with Gasteiger partial charge < -0.3 is 5.73 Å². The van der Waals surface area contributed by atoms with Crippen molar-refractivity contribution < 1.29 is 4.21 Å². The van der Waals surface area contributed by atoms with Crippen LogP contribution in [0.4, 0.5) is 5.69 Å². The number of anilines is 1. The summed E-state index contributed by atoms with van der Waals surface area (Å²) in [7, 11) is -0.622. The Hall–Kier alpha value is -0.580. The molecule has 0 radical (unpaired) electrons. The van der Waals surface area contributed by atoms with Crippen molar-refractivity contribution in [2.75, 3.05) is 30.3 Å². The zero-order chi connectivity index (χ0) is 11.5. The molecule has 88 valence electrons. The lowest BCUT2D eigenvalue weighted by Gasteiger charge is -2.26. The number of nitrogens with two attached hydrogens (primary N) is 1. The van der Waals surface area contributed by atoms with Gasteiger partial charge in [-0.15, -0.1) is 0 Å². The molecule has 1 aliphatic rings. The van der Waals surface area contributed by atoms with E-state index >= 15 is 0 Å². The Morgan fingerprint density at radius 2 is 2.06 bits per heavy atom. The molecular formula is C11H15ClN2OS. The maximum atomic E-state index is 11.2. The molecule has 1 aromatic carbocycles. The fraction of sp³-hybridized carbons (Fsp3) is 0.455. The van der Waals surface area contributed by atoms with Crippen molar-refractivity contribution in [3.8, 4) is 0 Å². The van der Waals surface area contributed by atoms with Gasteiger partial charge in [-0.1, -0.05) is 17.7 Å². The number of benzene rings is 1. The summed E-state index contributed by atoms with van der Waals surface area (Å²) in [6, 6.07) is 5.59. The monoisotopic (exact) mass is 258 g/mol. The van der Waals surface area contributed by atoms with Crippen LogP contribution in [0.3, 0.4) is 0 Å². The smallest absolute Gasteiger partial charge is 0.0426 e. The first-order valence-corrected chi connectivity index (χ1v) is 7.13. The van der Waals surface area contributed by atoms with Gasteiger partial charge in [-0.2, -0.15) is 0 Å². The van der Waals surface area contributed by atoms with Gasteiger partial charge in [0.2, 0.25) is 0 Å². The molecule has 0 amide bonds. The third-order valence-electron chi connectivity index (χ3n) is 2.77. The predicted molar refractivity (Wildman–Crippen MR) is 69.0 cm³/mol. The minimum atomic E-state index is -0.622. The molecule has 0 bridgehead atoms. The lowest BCUT2D eigenvalue weighted by Crippen LogP contribution is -2.37. The van der Waals surface area contributed by atoms with Crippen molar-refractivity contribution in [2.24, 2.45) is 0 Å². The number of rotatable bonds is 2. The second kappa shape index (κ2) is 5.17. The van der Waals surface area contributed by atoms with Gasteiger partial charge in [0.05, 0.1) is 0 Å². The lowest BCUT2D eigenvalue weighted by molar-refractivity contribution is 0.292. The van der Waals surface area contributed by atoms with Crippen molar-refractivity contribution in [2.45, 2.75) is 6.54 Å². The highest BCUT2D eigenvalue weighted by Gasteiger charge is 2.15. The minimum Gasteiger partial charge on any atom is -0.398 e. The molecule has 2 rings (SSSR count). The molecule has 5 heteroatoms. The molecule has 3 nitrogen and oxygen atoms in total. The molecule has 1 fully saturated rings. The molecular weight excluding hydrogens is 244 g/mol. The van der Waals surface area contributed by atoms with E-state index in [-0.39, 0.29) is 0 Å². The van der Waals surface area contributed by atoms with Crippen molar-refractivity contribution in [1.29, 1.82) is 0 Å². The van der Waals surface area contributed by atoms with Crippen molar-refractivity contribution in [3.63, 3.8) is 0 Å². The minimum absolute atomic E-state index is 0.622. The van der Waals surface area contributed by atoms with Gasteiger partial charge in [-0.25, -0.2) is 0 Å². The second-order valence-corrected chi connectivity index (χ2v) is 6.10. The SMILES string of the molecule is Nc1cc(Cl)ccc1CN1CCS(=O)CC1. The van der Waals surface area contributed by atoms with Crippen LogP contribution in [0.2, 0.25) is 5.02 Å². The van der Waals surface area contributed by atoms with Crippen LogP contribution in [0.25, 0.3) is 0 Å². The van der Waals surface area contributed by atoms with Gasteiger partial charge in [0.1, 0.15) is 0 Å². The van der Waals surface area contributed by atoms with Gasteiger partial charge >= 0.3 is 0 Å². The summed E-state index contributed by atoms with van der Waals surface area (Å²) in [4.78, 5) is 2.28. The standard InChI is InChI=1S/C11H15ClN2OS/c12-10-2-1-9(11(13)7-10)8-14-3-5-16(15)6-4-14/h1-2,7H,3-6,8,13H2. The molecule has 1 heterocycles. The summed E-state index contributed by atoms with van der Waals surface area (Å²) in [5.74, 6) is 1.54. The highest BCUT2D eigenvalue weighted by atomic mass is 35.5. The Kier molecular flexibility index (Phi) is 3.84. The fourth-order valence-electron chi connectivity index (χ4n) is 1.78. The van der Waals surface area contributed by atoms with Crippen LogP contribution >= 0.6 is 11.6 Å². The Balaban J connectivity index is 2.01. The van der Waals surface area contributed by atoms with Gasteiger partial charge in [0, 0.05) is 52.6 Å². The van der Waals surface area contributed by atoms with E-state index in [0.717, 1.165) is 42.4 Å². The Labute approximate surface area is 103 Å². The summed E-state index contributed by atoms with van der Waals surface area (Å²) in [5.41, 5.74) is 7.72. The van der Waals surface area contributed by atoms with Crippen LogP contribution in [0.15, 0.2) is 18.2 Å². The van der Waals surface area contributed by atoms with E-state index < -0.39 is 10.8 Å². The highest BCUT2D eigenvalue weighted by Crippen LogP contribution is 2.20. The molecule has 16 heavy (non-hydrogen) atoms. The average molecular weight is 259 g/mol. The topological polar surface area (TPSA) is 46.3 Å². The van der Waals surface area contributed by atoms with Crippen molar-refractivity contribution in [1.82, 2.24) is 4.90 Å². The molecule has 0 saturated carbocycles. The first-order chi connectivity index (χ1) is 7.65. The maximum absolute atomic E-state index is 11.2.